The first-order chi connectivity index (χ1) is 35.0. The molecule has 6 amide bonds. The molecule has 0 aliphatic carbocycles. The van der Waals surface area contributed by atoms with Gasteiger partial charge in [-0.05, 0) is 85.8 Å². The van der Waals surface area contributed by atoms with Gasteiger partial charge in [0.1, 0.15) is 24.2 Å². The van der Waals surface area contributed by atoms with Crippen molar-refractivity contribution in [3.05, 3.63) is 71.8 Å². The van der Waals surface area contributed by atoms with Crippen molar-refractivity contribution >= 4 is 93.8 Å². The Morgan fingerprint density at radius 2 is 1.01 bits per heavy atom. The summed E-state index contributed by atoms with van der Waals surface area (Å²) in [6, 6.07) is 13.8. The Bertz CT molecular complexity index is 2180. The summed E-state index contributed by atoms with van der Waals surface area (Å²) in [7, 11) is 2.85. The maximum absolute atomic E-state index is 14.5. The fourth-order valence-electron chi connectivity index (χ4n) is 10.1. The summed E-state index contributed by atoms with van der Waals surface area (Å²) >= 11 is 14.4. The van der Waals surface area contributed by atoms with Crippen LogP contribution in [0.25, 0.3) is 0 Å². The molecule has 0 saturated carbocycles. The highest BCUT2D eigenvalue weighted by molar-refractivity contribution is 8.00. The summed E-state index contributed by atoms with van der Waals surface area (Å²) in [5.41, 5.74) is 0.606. The molecule has 10 atom stereocenters. The second-order valence-corrected chi connectivity index (χ2v) is 24.4. The van der Waals surface area contributed by atoms with Gasteiger partial charge in [-0.15, -0.1) is 23.5 Å². The number of nitrogens with one attached hydrogen (secondary N) is 4. The minimum Gasteiger partial charge on any atom is -0.465 e. The van der Waals surface area contributed by atoms with Crippen molar-refractivity contribution in [3.8, 4) is 0 Å². The second-order valence-electron chi connectivity index (χ2n) is 21.0. The molecular weight excluding hydrogens is 1020 g/mol. The van der Waals surface area contributed by atoms with Crippen molar-refractivity contribution in [1.82, 2.24) is 40.9 Å². The molecule has 6 rings (SSSR count). The molecule has 4 fully saturated rings. The molecule has 74 heavy (non-hydrogen) atoms. The summed E-state index contributed by atoms with van der Waals surface area (Å²) in [5.74, 6) is 0.264. The highest BCUT2D eigenvalue weighted by Crippen LogP contribution is 2.48. The van der Waals surface area contributed by atoms with E-state index in [2.05, 4.69) is 21.3 Å². The molecule has 0 radical (unpaired) electrons. The second kappa shape index (κ2) is 25.9. The standard InChI is InChI=1S/C52H74N8O10S4/c1-31(57(7)49(65)66)45(71)55-35-21-25-73-39-27-51(3,4)41(59(39)47(35)63)43(61)53-37(33-17-11-9-12-18-33)29-69-23-15-16-24-70-30-38(34-19-13-10-14-20-34)54-44(62)42-52(5,6)28-40-60(42)48(64)36(22-26-74-40)56-46(72)32(2)58(8)50(67)68/h9-14,17-20,31-32,35-42H,15-16,21-30H2,1-8H3,(H,53,61)(H,54,62)(H,55,71)(H,56,72)(H,65,66)(H,67,68)/t31?,32?,35-,36-,37?,38?,39-,40-,41+,42+/m0/s1. The van der Waals surface area contributed by atoms with Gasteiger partial charge in [-0.2, -0.15) is 0 Å². The van der Waals surface area contributed by atoms with E-state index in [4.69, 9.17) is 33.9 Å². The van der Waals surface area contributed by atoms with E-state index in [0.717, 1.165) is 20.9 Å². The lowest BCUT2D eigenvalue weighted by Crippen LogP contribution is -2.58. The monoisotopic (exact) mass is 1100 g/mol. The molecule has 4 saturated heterocycles. The van der Waals surface area contributed by atoms with Gasteiger partial charge < -0.3 is 60.6 Å². The van der Waals surface area contributed by atoms with Gasteiger partial charge in [0.25, 0.3) is 0 Å². The molecule has 4 aliphatic rings. The Morgan fingerprint density at radius 1 is 0.662 bits per heavy atom. The van der Waals surface area contributed by atoms with Crippen molar-refractivity contribution in [1.29, 1.82) is 0 Å². The molecule has 0 bridgehead atoms. The van der Waals surface area contributed by atoms with Crippen molar-refractivity contribution in [3.63, 3.8) is 0 Å². The van der Waals surface area contributed by atoms with E-state index in [9.17, 15) is 39.0 Å². The van der Waals surface area contributed by atoms with Gasteiger partial charge in [0.05, 0.1) is 58.1 Å². The molecule has 18 nitrogen and oxygen atoms in total. The number of carbonyl (C=O) groups is 6. The molecule has 6 N–H and O–H groups in total. The van der Waals surface area contributed by atoms with Crippen molar-refractivity contribution in [2.75, 3.05) is 52.0 Å². The number of nitrogens with zero attached hydrogens (tertiary/aromatic N) is 4. The van der Waals surface area contributed by atoms with Crippen LogP contribution in [0.1, 0.15) is 103 Å². The molecule has 22 heteroatoms. The van der Waals surface area contributed by atoms with Crippen LogP contribution in [-0.2, 0) is 28.7 Å². The van der Waals surface area contributed by atoms with Crippen LogP contribution in [0, 0.1) is 10.8 Å². The van der Waals surface area contributed by atoms with Crippen molar-refractivity contribution < 1.29 is 48.5 Å². The predicted octanol–water partition coefficient (Wildman–Crippen LogP) is 6.26. The van der Waals surface area contributed by atoms with Crippen LogP contribution >= 0.6 is 48.0 Å². The normalized spacial score (nSPS) is 24.6. The Kier molecular flexibility index (Phi) is 20.5. The minimum absolute atomic E-state index is 0.187. The number of rotatable bonds is 21. The fourth-order valence-corrected chi connectivity index (χ4v) is 13.9. The van der Waals surface area contributed by atoms with Gasteiger partial charge >= 0.3 is 12.2 Å². The van der Waals surface area contributed by atoms with Crippen LogP contribution in [0.2, 0.25) is 0 Å². The fraction of sp³-hybridized carbons (Fsp3) is 0.615. The first kappa shape index (κ1) is 58.5. The molecular formula is C52H74N8O10S4. The van der Waals surface area contributed by atoms with E-state index in [1.165, 1.54) is 14.1 Å². The average Bonchev–Trinajstić information content (AvgIpc) is 3.68. The quantitative estimate of drug-likeness (QED) is 0.0600. The number of likely N-dealkylation sites (N-methyl/N-ethyl adjacent to an activating group) is 2. The molecule has 2 aromatic rings. The van der Waals surface area contributed by atoms with Crippen molar-refractivity contribution in [2.24, 2.45) is 10.8 Å². The molecule has 4 heterocycles. The number of carboxylic acid groups (broad SMARTS) is 2. The van der Waals surface area contributed by atoms with Gasteiger partial charge in [0, 0.05) is 27.3 Å². The van der Waals surface area contributed by atoms with Crippen LogP contribution in [0.5, 0.6) is 0 Å². The largest absolute Gasteiger partial charge is 0.465 e. The van der Waals surface area contributed by atoms with E-state index in [1.54, 1.807) is 47.2 Å². The predicted molar refractivity (Wildman–Crippen MR) is 295 cm³/mol. The van der Waals surface area contributed by atoms with Gasteiger partial charge in [-0.25, -0.2) is 9.59 Å². The van der Waals surface area contributed by atoms with Gasteiger partial charge in [-0.1, -0.05) is 113 Å². The average molecular weight is 1100 g/mol. The van der Waals surface area contributed by atoms with Gasteiger partial charge in [0.15, 0.2) is 0 Å². The Morgan fingerprint density at radius 3 is 1.35 bits per heavy atom. The van der Waals surface area contributed by atoms with E-state index in [0.29, 0.717) is 63.2 Å². The van der Waals surface area contributed by atoms with Gasteiger partial charge in [-0.3, -0.25) is 19.2 Å². The van der Waals surface area contributed by atoms with E-state index in [1.807, 2.05) is 88.4 Å². The lowest BCUT2D eigenvalue weighted by molar-refractivity contribution is -0.142. The SMILES string of the molecule is CC(C(=S)N[C@H]1CCS[C@H]2CC(C)(C)[C@@H](C(=O)NC(COCCCCOCC(NC(=O)[C@H]3N4C(=O)[C@@H](NC(=S)C(C)N(C)C(=O)O)CCS[C@H]4CC3(C)C)c3ccccc3)c3ccccc3)N2C1=O)N(C)C(=O)O. The molecule has 4 unspecified atom stereocenters. The number of carbonyl (C=O) groups excluding carboxylic acids is 4. The zero-order valence-electron chi connectivity index (χ0n) is 43.6. The zero-order chi connectivity index (χ0) is 54.1. The smallest absolute Gasteiger partial charge is 0.407 e. The number of thioether (sulfide) groups is 2. The number of hydrogen-bond donors (Lipinski definition) is 6. The topological polar surface area (TPSA) is 222 Å². The highest BCUT2D eigenvalue weighted by Gasteiger charge is 2.56. The number of hydrogen-bond acceptors (Lipinski definition) is 12. The maximum Gasteiger partial charge on any atom is 0.407 e. The van der Waals surface area contributed by atoms with Gasteiger partial charge in [0.2, 0.25) is 23.6 Å². The Balaban J connectivity index is 1.03. The van der Waals surface area contributed by atoms with Crippen LogP contribution in [0.3, 0.4) is 0 Å². The lowest BCUT2D eigenvalue weighted by Gasteiger charge is -2.35. The Hall–Kier alpha value is -4.74. The van der Waals surface area contributed by atoms with Crippen molar-refractivity contribution in [2.45, 2.75) is 139 Å². The summed E-state index contributed by atoms with van der Waals surface area (Å²) in [4.78, 5) is 87.0. The van der Waals surface area contributed by atoms with Crippen LogP contribution in [-0.4, -0.2) is 175 Å². The number of unbranched alkanes of at least 4 members (excludes halogenated alkanes) is 1. The molecule has 0 spiro atoms. The number of ether oxygens (including phenoxy) is 2. The third kappa shape index (κ3) is 14.2. The number of benzene rings is 2. The molecule has 2 aromatic carbocycles. The van der Waals surface area contributed by atoms with Crippen LogP contribution < -0.4 is 21.3 Å². The Labute approximate surface area is 454 Å². The first-order valence-electron chi connectivity index (χ1n) is 25.3. The zero-order valence-corrected chi connectivity index (χ0v) is 46.9. The number of thiocarbonyl (C=S) groups is 2. The summed E-state index contributed by atoms with van der Waals surface area (Å²) in [6.07, 6.45) is 1.23. The third-order valence-corrected chi connectivity index (χ3v) is 18.1. The third-order valence-electron chi connectivity index (χ3n) is 14.7. The lowest BCUT2D eigenvalue weighted by atomic mass is 9.83. The van der Waals surface area contributed by atoms with E-state index < -0.39 is 71.4 Å². The summed E-state index contributed by atoms with van der Waals surface area (Å²) in [6.45, 7) is 12.5. The van der Waals surface area contributed by atoms with Crippen LogP contribution in [0.15, 0.2) is 60.7 Å². The molecule has 0 aromatic heterocycles. The number of fused-ring (bicyclic) bond motifs is 2. The highest BCUT2D eigenvalue weighted by atomic mass is 32.2. The molecule has 4 aliphatic heterocycles. The minimum atomic E-state index is -1.13. The maximum atomic E-state index is 14.5. The van der Waals surface area contributed by atoms with E-state index >= 15 is 0 Å². The van der Waals surface area contributed by atoms with Crippen LogP contribution in [0.4, 0.5) is 9.59 Å². The van der Waals surface area contributed by atoms with E-state index in [-0.39, 0.29) is 57.6 Å². The number of amides is 6. The molecule has 406 valence electrons. The summed E-state index contributed by atoms with van der Waals surface area (Å²) < 4.78 is 12.5. The summed E-state index contributed by atoms with van der Waals surface area (Å²) in [5, 5.41) is 31.3. The first-order valence-corrected chi connectivity index (χ1v) is 28.2.